The van der Waals surface area contributed by atoms with Crippen molar-refractivity contribution in [2.24, 2.45) is 5.73 Å². The molecular weight excluding hydrogens is 354 g/mol. The number of carboxylic acids is 3. The Morgan fingerprint density at radius 2 is 1.15 bits per heavy atom. The summed E-state index contributed by atoms with van der Waals surface area (Å²) < 4.78 is 0. The summed E-state index contributed by atoms with van der Waals surface area (Å²) in [4.78, 5) is 30.6. The Hall–Kier alpha value is -2.57. The zero-order valence-corrected chi connectivity index (χ0v) is 13.4. The van der Waals surface area contributed by atoms with E-state index >= 15 is 0 Å². The number of hydrogen-bond donors (Lipinski definition) is 8. The monoisotopic (exact) mass is 375 g/mol. The minimum Gasteiger partial charge on any atom is -0.480 e. The Bertz CT molecular complexity index is 569. The van der Waals surface area contributed by atoms with Crippen LogP contribution in [0.25, 0.3) is 0 Å². The lowest BCUT2D eigenvalue weighted by molar-refractivity contribution is -0.172. The Kier molecular flexibility index (Phi) is 10.0. The first-order valence-electron chi connectivity index (χ1n) is 7.19. The number of carbonyl (C=O) groups is 3. The minimum absolute atomic E-state index is 0.385. The first-order chi connectivity index (χ1) is 12.0. The second kappa shape index (κ2) is 11.1. The predicted octanol–water partition coefficient (Wildman–Crippen LogP) is -2.76. The summed E-state index contributed by atoms with van der Waals surface area (Å²) in [5.74, 6) is -4.64. The van der Waals surface area contributed by atoms with E-state index in [1.807, 2.05) is 30.3 Å². The fraction of sp³-hybridized carbons (Fsp3) is 0.400. The van der Waals surface area contributed by atoms with Crippen LogP contribution in [-0.2, 0) is 20.8 Å². The van der Waals surface area contributed by atoms with E-state index < -0.39 is 48.4 Å². The van der Waals surface area contributed by atoms with Crippen LogP contribution in [0.15, 0.2) is 30.3 Å². The third-order valence-corrected chi connectivity index (χ3v) is 3.12. The second-order valence-electron chi connectivity index (χ2n) is 5.18. The van der Waals surface area contributed by atoms with Crippen LogP contribution in [0.5, 0.6) is 0 Å². The fourth-order valence-corrected chi connectivity index (χ4v) is 1.62. The molecule has 0 saturated carbocycles. The van der Waals surface area contributed by atoms with Gasteiger partial charge in [-0.25, -0.2) is 9.59 Å². The lowest BCUT2D eigenvalue weighted by Gasteiger charge is -2.21. The van der Waals surface area contributed by atoms with Crippen LogP contribution >= 0.6 is 0 Å². The van der Waals surface area contributed by atoms with E-state index in [9.17, 15) is 14.4 Å². The lowest BCUT2D eigenvalue weighted by Crippen LogP contribution is -2.49. The highest BCUT2D eigenvalue weighted by molar-refractivity contribution is 5.75. The van der Waals surface area contributed by atoms with Gasteiger partial charge in [0.15, 0.2) is 12.2 Å². The second-order valence-corrected chi connectivity index (χ2v) is 5.18. The minimum atomic E-state index is -2.36. The molecule has 0 amide bonds. The smallest absolute Gasteiger partial charge is 0.335 e. The lowest BCUT2D eigenvalue weighted by atomic mass is 10.0. The Labute approximate surface area is 147 Å². The summed E-state index contributed by atoms with van der Waals surface area (Å²) in [7, 11) is 0. The molecule has 0 saturated heterocycles. The van der Waals surface area contributed by atoms with Gasteiger partial charge < -0.3 is 41.5 Å². The number of aliphatic carboxylic acids is 3. The van der Waals surface area contributed by atoms with E-state index in [0.29, 0.717) is 6.42 Å². The summed E-state index contributed by atoms with van der Waals surface area (Å²) in [6.07, 6.45) is -8.90. The summed E-state index contributed by atoms with van der Waals surface area (Å²) in [6, 6.07) is 8.54. The van der Waals surface area contributed by atoms with Gasteiger partial charge in [-0.2, -0.15) is 0 Å². The standard InChI is InChI=1S/C9H11NO2.C6H10O8/c10-8(9(11)12)6-7-4-2-1-3-5-7;7-1(3(9)5(11)12)2(8)4(10)6(13)14/h1-5,8H,6,10H2,(H,11,12);1-4,7-10H,(H,11,12)(H,13,14). The first-order valence-corrected chi connectivity index (χ1v) is 7.19. The van der Waals surface area contributed by atoms with Gasteiger partial charge in [0.2, 0.25) is 0 Å². The molecule has 26 heavy (non-hydrogen) atoms. The molecule has 0 aromatic heterocycles. The molecule has 0 heterocycles. The van der Waals surface area contributed by atoms with Crippen molar-refractivity contribution in [3.05, 3.63) is 35.9 Å². The number of carboxylic acid groups (broad SMARTS) is 3. The normalized spacial score (nSPS) is 16.2. The molecule has 0 radical (unpaired) electrons. The molecule has 11 heteroatoms. The summed E-state index contributed by atoms with van der Waals surface area (Å²) in [5.41, 5.74) is 6.30. The van der Waals surface area contributed by atoms with Crippen LogP contribution in [-0.4, -0.2) is 84.1 Å². The maximum atomic E-state index is 10.4. The van der Waals surface area contributed by atoms with Crippen LogP contribution < -0.4 is 5.73 Å². The molecule has 9 N–H and O–H groups in total. The fourth-order valence-electron chi connectivity index (χ4n) is 1.62. The summed E-state index contributed by atoms with van der Waals surface area (Å²) >= 11 is 0. The maximum Gasteiger partial charge on any atom is 0.335 e. The van der Waals surface area contributed by atoms with Crippen molar-refractivity contribution in [2.45, 2.75) is 36.9 Å². The van der Waals surface area contributed by atoms with Crippen LogP contribution in [0, 0.1) is 0 Å². The quantitative estimate of drug-likeness (QED) is 0.232. The third kappa shape index (κ3) is 8.00. The summed E-state index contributed by atoms with van der Waals surface area (Å²) in [6.45, 7) is 0. The number of aliphatic hydroxyl groups is 4. The van der Waals surface area contributed by atoms with Crippen LogP contribution in [0.3, 0.4) is 0 Å². The van der Waals surface area contributed by atoms with Gasteiger partial charge in [-0.1, -0.05) is 30.3 Å². The zero-order chi connectivity index (χ0) is 20.4. The highest BCUT2D eigenvalue weighted by atomic mass is 16.4. The van der Waals surface area contributed by atoms with Crippen LogP contribution in [0.2, 0.25) is 0 Å². The first kappa shape index (κ1) is 23.4. The highest BCUT2D eigenvalue weighted by Crippen LogP contribution is 2.05. The van der Waals surface area contributed by atoms with E-state index in [1.165, 1.54) is 0 Å². The molecule has 0 fully saturated rings. The van der Waals surface area contributed by atoms with Crippen molar-refractivity contribution in [3.63, 3.8) is 0 Å². The van der Waals surface area contributed by atoms with Crippen molar-refractivity contribution in [1.82, 2.24) is 0 Å². The zero-order valence-electron chi connectivity index (χ0n) is 13.4. The van der Waals surface area contributed by atoms with Crippen molar-refractivity contribution in [2.75, 3.05) is 0 Å². The number of hydrogen-bond acceptors (Lipinski definition) is 8. The Balaban J connectivity index is 0.000000485. The van der Waals surface area contributed by atoms with E-state index in [-0.39, 0.29) is 0 Å². The number of nitrogens with two attached hydrogens (primary N) is 1. The number of aliphatic hydroxyl groups excluding tert-OH is 4. The van der Waals surface area contributed by atoms with Gasteiger partial charge in [0.25, 0.3) is 0 Å². The molecule has 1 rings (SSSR count). The van der Waals surface area contributed by atoms with Crippen LogP contribution in [0.4, 0.5) is 0 Å². The van der Waals surface area contributed by atoms with Gasteiger partial charge in [0.1, 0.15) is 18.2 Å². The van der Waals surface area contributed by atoms with Crippen molar-refractivity contribution in [1.29, 1.82) is 0 Å². The van der Waals surface area contributed by atoms with Crippen LogP contribution in [0.1, 0.15) is 5.56 Å². The van der Waals surface area contributed by atoms with Gasteiger partial charge in [-0.15, -0.1) is 0 Å². The molecule has 5 atom stereocenters. The van der Waals surface area contributed by atoms with E-state index in [2.05, 4.69) is 0 Å². The molecule has 11 nitrogen and oxygen atoms in total. The Morgan fingerprint density at radius 1 is 0.769 bits per heavy atom. The van der Waals surface area contributed by atoms with E-state index in [4.69, 9.17) is 41.5 Å². The van der Waals surface area contributed by atoms with Crippen molar-refractivity contribution < 1.29 is 50.1 Å². The molecular formula is C15H21NO10. The average Bonchev–Trinajstić information content (AvgIpc) is 2.60. The topological polar surface area (TPSA) is 219 Å². The molecule has 146 valence electrons. The summed E-state index contributed by atoms with van der Waals surface area (Å²) in [5, 5.41) is 60.0. The van der Waals surface area contributed by atoms with Crippen molar-refractivity contribution in [3.8, 4) is 0 Å². The number of rotatable bonds is 8. The molecule has 5 unspecified atom stereocenters. The van der Waals surface area contributed by atoms with Gasteiger partial charge in [0.05, 0.1) is 0 Å². The van der Waals surface area contributed by atoms with Gasteiger partial charge in [0, 0.05) is 0 Å². The maximum absolute atomic E-state index is 10.4. The van der Waals surface area contributed by atoms with Gasteiger partial charge >= 0.3 is 17.9 Å². The van der Waals surface area contributed by atoms with E-state index in [1.54, 1.807) is 0 Å². The third-order valence-electron chi connectivity index (χ3n) is 3.12. The number of benzene rings is 1. The molecule has 0 aliphatic heterocycles. The SMILES string of the molecule is NC(Cc1ccccc1)C(=O)O.O=C(O)C(O)C(O)C(O)C(O)C(=O)O. The predicted molar refractivity (Wildman–Crippen MR) is 85.1 cm³/mol. The molecule has 1 aromatic rings. The van der Waals surface area contributed by atoms with E-state index in [0.717, 1.165) is 5.56 Å². The molecule has 0 aliphatic rings. The molecule has 1 aromatic carbocycles. The van der Waals surface area contributed by atoms with Crippen molar-refractivity contribution >= 4 is 17.9 Å². The van der Waals surface area contributed by atoms with Gasteiger partial charge in [-0.3, -0.25) is 4.79 Å². The molecule has 0 aliphatic carbocycles. The largest absolute Gasteiger partial charge is 0.480 e. The molecule has 0 bridgehead atoms. The van der Waals surface area contributed by atoms with Gasteiger partial charge in [-0.05, 0) is 12.0 Å². The average molecular weight is 375 g/mol. The Morgan fingerprint density at radius 3 is 1.46 bits per heavy atom. The molecule has 0 spiro atoms. The highest BCUT2D eigenvalue weighted by Gasteiger charge is 2.37.